The second-order valence-electron chi connectivity index (χ2n) is 5.96. The highest BCUT2D eigenvalue weighted by Gasteiger charge is 2.29. The summed E-state index contributed by atoms with van der Waals surface area (Å²) >= 11 is 12.5. The van der Waals surface area contributed by atoms with Crippen LogP contribution in [0.4, 0.5) is 0 Å². The van der Waals surface area contributed by atoms with E-state index in [1.165, 1.54) is 16.7 Å². The zero-order valence-electron chi connectivity index (χ0n) is 14.3. The van der Waals surface area contributed by atoms with Crippen molar-refractivity contribution in [2.75, 3.05) is 7.05 Å². The lowest BCUT2D eigenvalue weighted by atomic mass is 10.1. The van der Waals surface area contributed by atoms with Crippen LogP contribution in [0.1, 0.15) is 5.56 Å². The maximum Gasteiger partial charge on any atom is 0.265 e. The van der Waals surface area contributed by atoms with Crippen LogP contribution in [-0.2, 0) is 4.79 Å². The molecular formula is C20H14ClN3OS2. The Balaban J connectivity index is 1.84. The molecule has 1 aliphatic rings. The number of aromatic nitrogens is 2. The maximum absolute atomic E-state index is 12.4. The van der Waals surface area contributed by atoms with E-state index in [0.717, 1.165) is 22.5 Å². The summed E-state index contributed by atoms with van der Waals surface area (Å²) in [4.78, 5) is 14.5. The average molecular weight is 412 g/mol. The Kier molecular flexibility index (Phi) is 4.86. The maximum atomic E-state index is 12.4. The molecule has 0 atom stereocenters. The highest BCUT2D eigenvalue weighted by molar-refractivity contribution is 8.26. The number of hydrogen-bond acceptors (Lipinski definition) is 4. The smallest absolute Gasteiger partial charge is 0.265 e. The molecule has 4 rings (SSSR count). The molecule has 0 saturated carbocycles. The third kappa shape index (κ3) is 3.56. The summed E-state index contributed by atoms with van der Waals surface area (Å²) in [5.74, 6) is -0.0977. The van der Waals surface area contributed by atoms with Crippen molar-refractivity contribution in [3.05, 3.63) is 76.3 Å². The molecule has 4 nitrogen and oxygen atoms in total. The molecule has 1 aliphatic heterocycles. The van der Waals surface area contributed by atoms with Gasteiger partial charge in [0.1, 0.15) is 4.32 Å². The molecule has 27 heavy (non-hydrogen) atoms. The number of rotatable bonds is 3. The molecule has 0 radical (unpaired) electrons. The standard InChI is InChI=1S/C20H14ClN3OS2/c1-23-19(25)17(27-20(23)26)11-14-12-24(16-5-3-2-4-6-16)22-18(14)13-7-9-15(21)10-8-13/h2-12H,1H3/b17-11-. The molecule has 0 aliphatic carbocycles. The van der Waals surface area contributed by atoms with Gasteiger partial charge in [0.05, 0.1) is 16.3 Å². The molecule has 1 aromatic heterocycles. The molecule has 1 saturated heterocycles. The molecule has 0 spiro atoms. The van der Waals surface area contributed by atoms with Gasteiger partial charge in [-0.15, -0.1) is 0 Å². The van der Waals surface area contributed by atoms with Gasteiger partial charge in [0.15, 0.2) is 0 Å². The van der Waals surface area contributed by atoms with E-state index >= 15 is 0 Å². The molecule has 1 amide bonds. The number of benzene rings is 2. The van der Waals surface area contributed by atoms with Crippen LogP contribution >= 0.6 is 35.6 Å². The molecule has 2 aromatic carbocycles. The van der Waals surface area contributed by atoms with Crippen molar-refractivity contribution < 1.29 is 4.79 Å². The van der Waals surface area contributed by atoms with Gasteiger partial charge in [-0.3, -0.25) is 9.69 Å². The zero-order valence-corrected chi connectivity index (χ0v) is 16.7. The van der Waals surface area contributed by atoms with Gasteiger partial charge in [-0.1, -0.05) is 65.9 Å². The first-order chi connectivity index (χ1) is 13.0. The van der Waals surface area contributed by atoms with E-state index in [4.69, 9.17) is 28.9 Å². The third-order valence-electron chi connectivity index (χ3n) is 4.15. The topological polar surface area (TPSA) is 38.1 Å². The van der Waals surface area contributed by atoms with Crippen molar-refractivity contribution in [1.82, 2.24) is 14.7 Å². The summed E-state index contributed by atoms with van der Waals surface area (Å²) in [7, 11) is 1.69. The van der Waals surface area contributed by atoms with Gasteiger partial charge in [-0.05, 0) is 30.3 Å². The third-order valence-corrected chi connectivity index (χ3v) is 5.89. The summed E-state index contributed by atoms with van der Waals surface area (Å²) in [6.07, 6.45) is 3.76. The van der Waals surface area contributed by atoms with Crippen LogP contribution in [0, 0.1) is 0 Å². The first-order valence-corrected chi connectivity index (χ1v) is 9.76. The number of nitrogens with zero attached hydrogens (tertiary/aromatic N) is 3. The first-order valence-electron chi connectivity index (χ1n) is 8.15. The van der Waals surface area contributed by atoms with Crippen molar-refractivity contribution in [3.8, 4) is 16.9 Å². The molecule has 3 aromatic rings. The van der Waals surface area contributed by atoms with Gasteiger partial charge in [-0.25, -0.2) is 4.68 Å². The molecule has 0 bridgehead atoms. The van der Waals surface area contributed by atoms with E-state index in [2.05, 4.69) is 0 Å². The van der Waals surface area contributed by atoms with E-state index in [0.29, 0.717) is 14.2 Å². The number of likely N-dealkylation sites (N-methyl/N-ethyl adjacent to an activating group) is 1. The van der Waals surface area contributed by atoms with Crippen molar-refractivity contribution in [2.45, 2.75) is 0 Å². The van der Waals surface area contributed by atoms with Crippen LogP contribution in [-0.4, -0.2) is 32.0 Å². The number of thioether (sulfide) groups is 1. The van der Waals surface area contributed by atoms with Crippen LogP contribution in [0.5, 0.6) is 0 Å². The second kappa shape index (κ2) is 7.31. The number of hydrogen-bond donors (Lipinski definition) is 0. The van der Waals surface area contributed by atoms with E-state index in [-0.39, 0.29) is 5.91 Å². The predicted octanol–water partition coefficient (Wildman–Crippen LogP) is 5.02. The van der Waals surface area contributed by atoms with Crippen molar-refractivity contribution in [2.24, 2.45) is 0 Å². The molecular weight excluding hydrogens is 398 g/mol. The fourth-order valence-corrected chi connectivity index (χ4v) is 4.02. The van der Waals surface area contributed by atoms with Gasteiger partial charge in [-0.2, -0.15) is 5.10 Å². The minimum atomic E-state index is -0.0977. The van der Waals surface area contributed by atoms with E-state index < -0.39 is 0 Å². The lowest BCUT2D eigenvalue weighted by Crippen LogP contribution is -2.22. The Morgan fingerprint density at radius 1 is 1.11 bits per heavy atom. The highest BCUT2D eigenvalue weighted by Crippen LogP contribution is 2.34. The number of thiocarbonyl (C=S) groups is 1. The van der Waals surface area contributed by atoms with Gasteiger partial charge >= 0.3 is 0 Å². The molecule has 0 unspecified atom stereocenters. The normalized spacial score (nSPS) is 15.8. The minimum Gasteiger partial charge on any atom is -0.296 e. The Morgan fingerprint density at radius 3 is 2.44 bits per heavy atom. The molecule has 134 valence electrons. The second-order valence-corrected chi connectivity index (χ2v) is 8.07. The summed E-state index contributed by atoms with van der Waals surface area (Å²) in [5.41, 5.74) is 3.48. The zero-order chi connectivity index (χ0) is 19.0. The van der Waals surface area contributed by atoms with Crippen LogP contribution in [0.3, 0.4) is 0 Å². The Labute approximate surface area is 171 Å². The summed E-state index contributed by atoms with van der Waals surface area (Å²) in [6, 6.07) is 17.3. The lowest BCUT2D eigenvalue weighted by Gasteiger charge is -2.03. The summed E-state index contributed by atoms with van der Waals surface area (Å²) in [5, 5.41) is 5.41. The fraction of sp³-hybridized carbons (Fsp3) is 0.0500. The van der Waals surface area contributed by atoms with E-state index in [9.17, 15) is 4.79 Å². The van der Waals surface area contributed by atoms with Gasteiger partial charge in [0, 0.05) is 29.4 Å². The number of carbonyl (C=O) groups is 1. The Hall–Kier alpha value is -2.41. The van der Waals surface area contributed by atoms with Gasteiger partial charge in [0.2, 0.25) is 0 Å². The van der Waals surface area contributed by atoms with E-state index in [1.807, 2.05) is 71.6 Å². The first kappa shape index (κ1) is 18.0. The highest BCUT2D eigenvalue weighted by atomic mass is 35.5. The molecule has 0 N–H and O–H groups in total. The van der Waals surface area contributed by atoms with Crippen LogP contribution in [0.15, 0.2) is 65.7 Å². The fourth-order valence-electron chi connectivity index (χ4n) is 2.72. The Bertz CT molecular complexity index is 1060. The monoisotopic (exact) mass is 411 g/mol. The van der Waals surface area contributed by atoms with E-state index in [1.54, 1.807) is 7.05 Å². The predicted molar refractivity (Wildman–Crippen MR) is 115 cm³/mol. The molecule has 2 heterocycles. The van der Waals surface area contributed by atoms with Crippen molar-refractivity contribution in [1.29, 1.82) is 0 Å². The summed E-state index contributed by atoms with van der Waals surface area (Å²) < 4.78 is 2.36. The van der Waals surface area contributed by atoms with Crippen LogP contribution < -0.4 is 0 Å². The van der Waals surface area contributed by atoms with Gasteiger partial charge < -0.3 is 0 Å². The number of halogens is 1. The molecule has 1 fully saturated rings. The van der Waals surface area contributed by atoms with Crippen LogP contribution in [0.25, 0.3) is 23.0 Å². The number of carbonyl (C=O) groups excluding carboxylic acids is 1. The Morgan fingerprint density at radius 2 is 1.81 bits per heavy atom. The molecule has 7 heteroatoms. The number of amides is 1. The van der Waals surface area contributed by atoms with Crippen molar-refractivity contribution >= 4 is 51.9 Å². The SMILES string of the molecule is CN1C(=O)/C(=C/c2cn(-c3ccccc3)nc2-c2ccc(Cl)cc2)SC1=S. The quantitative estimate of drug-likeness (QED) is 0.448. The average Bonchev–Trinajstić information content (AvgIpc) is 3.20. The minimum absolute atomic E-state index is 0.0977. The largest absolute Gasteiger partial charge is 0.296 e. The van der Waals surface area contributed by atoms with Crippen LogP contribution in [0.2, 0.25) is 5.02 Å². The summed E-state index contributed by atoms with van der Waals surface area (Å²) in [6.45, 7) is 0. The van der Waals surface area contributed by atoms with Crippen molar-refractivity contribution in [3.63, 3.8) is 0 Å². The van der Waals surface area contributed by atoms with Gasteiger partial charge in [0.25, 0.3) is 5.91 Å². The number of para-hydroxylation sites is 1. The lowest BCUT2D eigenvalue weighted by molar-refractivity contribution is -0.121.